The fourth-order valence-electron chi connectivity index (χ4n) is 2.95. The molecule has 1 N–H and O–H groups in total. The van der Waals surface area contributed by atoms with Crippen molar-refractivity contribution in [1.82, 2.24) is 5.32 Å². The van der Waals surface area contributed by atoms with Gasteiger partial charge in [0.05, 0.1) is 10.9 Å². The molecule has 136 valence electrons. The Bertz CT molecular complexity index is 766. The number of nitrogens with one attached hydrogen (secondary N) is 1. The van der Waals surface area contributed by atoms with Crippen LogP contribution in [-0.4, -0.2) is 16.3 Å². The average Bonchev–Trinajstić information content (AvgIpc) is 3.00. The maximum absolute atomic E-state index is 12.3. The van der Waals surface area contributed by atoms with Gasteiger partial charge >= 0.3 is 0 Å². The highest BCUT2D eigenvalue weighted by molar-refractivity contribution is 8.15. The molecule has 3 rings (SSSR count). The van der Waals surface area contributed by atoms with Crippen LogP contribution in [0.2, 0.25) is 0 Å². The maximum atomic E-state index is 12.3. The third-order valence-electron chi connectivity index (χ3n) is 4.61. The molecule has 0 bridgehead atoms. The van der Waals surface area contributed by atoms with Gasteiger partial charge in [-0.1, -0.05) is 68.4 Å². The summed E-state index contributed by atoms with van der Waals surface area (Å²) in [5.41, 5.74) is 4.74. The molecule has 2 aromatic carbocycles. The van der Waals surface area contributed by atoms with Crippen LogP contribution >= 0.6 is 11.8 Å². The molecule has 0 radical (unpaired) electrons. The fourth-order valence-corrected chi connectivity index (χ4v) is 3.98. The molecule has 3 nitrogen and oxygen atoms in total. The molecule has 0 aromatic heterocycles. The first-order chi connectivity index (χ1) is 12.7. The molecule has 1 unspecified atom stereocenters. The number of amides is 1. The summed E-state index contributed by atoms with van der Waals surface area (Å²) < 4.78 is 0. The number of hydrogen-bond acceptors (Lipinski definition) is 3. The van der Waals surface area contributed by atoms with Crippen LogP contribution in [0.5, 0.6) is 0 Å². The lowest BCUT2D eigenvalue weighted by Gasteiger charge is -2.07. The van der Waals surface area contributed by atoms with Crippen molar-refractivity contribution in [2.24, 2.45) is 4.99 Å². The molecule has 1 heterocycles. The summed E-state index contributed by atoms with van der Waals surface area (Å²) in [6.07, 6.45) is 5.31. The van der Waals surface area contributed by atoms with E-state index in [9.17, 15) is 4.79 Å². The number of aryl methyl sites for hydroxylation is 2. The van der Waals surface area contributed by atoms with E-state index in [1.54, 1.807) is 0 Å². The third kappa shape index (κ3) is 4.98. The van der Waals surface area contributed by atoms with Crippen molar-refractivity contribution in [2.45, 2.75) is 51.2 Å². The molecule has 26 heavy (non-hydrogen) atoms. The Morgan fingerprint density at radius 2 is 1.62 bits per heavy atom. The SMILES string of the molecule is CCCCc1ccc(CC2SC(=Nc3ccc(CC)cc3)NC2=O)cc1. The van der Waals surface area contributed by atoms with Crippen molar-refractivity contribution in [3.63, 3.8) is 0 Å². The zero-order valence-electron chi connectivity index (χ0n) is 15.5. The van der Waals surface area contributed by atoms with E-state index >= 15 is 0 Å². The first-order valence-electron chi connectivity index (χ1n) is 9.41. The Morgan fingerprint density at radius 3 is 2.27 bits per heavy atom. The summed E-state index contributed by atoms with van der Waals surface area (Å²) in [6.45, 7) is 4.34. The second kappa shape index (κ2) is 9.04. The Labute approximate surface area is 160 Å². The van der Waals surface area contributed by atoms with Crippen LogP contribution in [0.3, 0.4) is 0 Å². The minimum absolute atomic E-state index is 0.0500. The number of thioether (sulfide) groups is 1. The lowest BCUT2D eigenvalue weighted by molar-refractivity contribution is -0.118. The molecule has 1 aliphatic heterocycles. The molecule has 4 heteroatoms. The van der Waals surface area contributed by atoms with E-state index in [1.165, 1.54) is 41.3 Å². The summed E-state index contributed by atoms with van der Waals surface area (Å²) in [5.74, 6) is 0.0500. The zero-order chi connectivity index (χ0) is 18.4. The average molecular weight is 367 g/mol. The predicted octanol–water partition coefficient (Wildman–Crippen LogP) is 5.05. The van der Waals surface area contributed by atoms with Gasteiger partial charge in [-0.3, -0.25) is 4.79 Å². The number of unbranched alkanes of at least 4 members (excludes halogenated alkanes) is 1. The van der Waals surface area contributed by atoms with Crippen LogP contribution in [-0.2, 0) is 24.1 Å². The van der Waals surface area contributed by atoms with Crippen LogP contribution in [0.4, 0.5) is 5.69 Å². The van der Waals surface area contributed by atoms with Gasteiger partial charge in [0.15, 0.2) is 5.17 Å². The van der Waals surface area contributed by atoms with E-state index in [-0.39, 0.29) is 11.2 Å². The smallest absolute Gasteiger partial charge is 0.239 e. The second-order valence-corrected chi connectivity index (χ2v) is 7.85. The summed E-state index contributed by atoms with van der Waals surface area (Å²) >= 11 is 1.53. The number of hydrogen-bond donors (Lipinski definition) is 1. The van der Waals surface area contributed by atoms with Gasteiger partial charge in [0.25, 0.3) is 0 Å². The Hall–Kier alpha value is -2.07. The van der Waals surface area contributed by atoms with Crippen molar-refractivity contribution >= 4 is 28.5 Å². The van der Waals surface area contributed by atoms with Gasteiger partial charge in [0, 0.05) is 0 Å². The minimum atomic E-state index is -0.106. The van der Waals surface area contributed by atoms with Crippen molar-refractivity contribution in [3.8, 4) is 0 Å². The Morgan fingerprint density at radius 1 is 0.962 bits per heavy atom. The fraction of sp³-hybridized carbons (Fsp3) is 0.364. The van der Waals surface area contributed by atoms with Gasteiger partial charge in [-0.25, -0.2) is 4.99 Å². The number of amidine groups is 1. The van der Waals surface area contributed by atoms with Crippen LogP contribution in [0, 0.1) is 0 Å². The van der Waals surface area contributed by atoms with Gasteiger partial charge in [0.2, 0.25) is 5.91 Å². The third-order valence-corrected chi connectivity index (χ3v) is 5.70. The van der Waals surface area contributed by atoms with Gasteiger partial charge in [-0.2, -0.15) is 0 Å². The Kier molecular flexibility index (Phi) is 6.51. The van der Waals surface area contributed by atoms with Crippen LogP contribution in [0.25, 0.3) is 0 Å². The van der Waals surface area contributed by atoms with E-state index in [2.05, 4.69) is 60.6 Å². The topological polar surface area (TPSA) is 41.5 Å². The van der Waals surface area contributed by atoms with Crippen molar-refractivity contribution < 1.29 is 4.79 Å². The molecule has 1 aliphatic rings. The highest BCUT2D eigenvalue weighted by atomic mass is 32.2. The minimum Gasteiger partial charge on any atom is -0.304 e. The number of benzene rings is 2. The summed E-state index contributed by atoms with van der Waals surface area (Å²) in [6, 6.07) is 16.8. The summed E-state index contributed by atoms with van der Waals surface area (Å²) in [5, 5.41) is 3.51. The van der Waals surface area contributed by atoms with Crippen LogP contribution in [0.15, 0.2) is 53.5 Å². The van der Waals surface area contributed by atoms with E-state index < -0.39 is 0 Å². The normalized spacial score (nSPS) is 18.3. The quantitative estimate of drug-likeness (QED) is 0.745. The summed E-state index contributed by atoms with van der Waals surface area (Å²) in [4.78, 5) is 16.8. The molecule has 2 aromatic rings. The van der Waals surface area contributed by atoms with Crippen LogP contribution in [0.1, 0.15) is 43.4 Å². The number of carbonyl (C=O) groups excluding carboxylic acids is 1. The molecule has 1 atom stereocenters. The monoisotopic (exact) mass is 366 g/mol. The molecule has 0 spiro atoms. The van der Waals surface area contributed by atoms with Crippen molar-refractivity contribution in [1.29, 1.82) is 0 Å². The first kappa shape index (κ1) is 18.7. The van der Waals surface area contributed by atoms with E-state index in [0.717, 1.165) is 24.9 Å². The van der Waals surface area contributed by atoms with Gasteiger partial charge < -0.3 is 5.32 Å². The molecule has 1 saturated heterocycles. The number of carbonyl (C=O) groups is 1. The van der Waals surface area contributed by atoms with Gasteiger partial charge in [-0.15, -0.1) is 0 Å². The van der Waals surface area contributed by atoms with Crippen molar-refractivity contribution in [2.75, 3.05) is 0 Å². The van der Waals surface area contributed by atoms with Crippen molar-refractivity contribution in [3.05, 3.63) is 65.2 Å². The highest BCUT2D eigenvalue weighted by Gasteiger charge is 2.30. The molecule has 0 aliphatic carbocycles. The standard InChI is InChI=1S/C22H26N2OS/c1-3-5-6-17-7-9-18(10-8-17)15-20-21(25)24-22(26-20)23-19-13-11-16(4-2)12-14-19/h7-14,20H,3-6,15H2,1-2H3,(H,23,24,25). The van der Waals surface area contributed by atoms with Crippen LogP contribution < -0.4 is 5.32 Å². The zero-order valence-corrected chi connectivity index (χ0v) is 16.3. The Balaban J connectivity index is 1.61. The lowest BCUT2D eigenvalue weighted by atomic mass is 10.0. The number of nitrogens with zero attached hydrogens (tertiary/aromatic N) is 1. The number of aliphatic imine (C=N–C) groups is 1. The van der Waals surface area contributed by atoms with E-state index in [0.29, 0.717) is 5.17 Å². The molecular formula is C22H26N2OS. The molecule has 1 amide bonds. The first-order valence-corrected chi connectivity index (χ1v) is 10.3. The van der Waals surface area contributed by atoms with E-state index in [1.807, 2.05) is 12.1 Å². The second-order valence-electron chi connectivity index (χ2n) is 6.66. The molecule has 0 saturated carbocycles. The summed E-state index contributed by atoms with van der Waals surface area (Å²) in [7, 11) is 0. The van der Waals surface area contributed by atoms with E-state index in [4.69, 9.17) is 0 Å². The highest BCUT2D eigenvalue weighted by Crippen LogP contribution is 2.26. The van der Waals surface area contributed by atoms with Gasteiger partial charge in [0.1, 0.15) is 0 Å². The van der Waals surface area contributed by atoms with Gasteiger partial charge in [-0.05, 0) is 54.5 Å². The maximum Gasteiger partial charge on any atom is 0.239 e. The molecule has 1 fully saturated rings. The predicted molar refractivity (Wildman–Crippen MR) is 111 cm³/mol. The number of rotatable bonds is 7. The lowest BCUT2D eigenvalue weighted by Crippen LogP contribution is -2.25. The largest absolute Gasteiger partial charge is 0.304 e. The molecular weight excluding hydrogens is 340 g/mol.